The van der Waals surface area contributed by atoms with E-state index in [0.717, 1.165) is 21.8 Å². The lowest BCUT2D eigenvalue weighted by Crippen LogP contribution is -2.00. The Balaban J connectivity index is 0.00000176. The standard InChI is InChI=1S/C18H15ClN2.ClH/c1-4-11-21-13(3)12(2)16-9-10-20-17(18(16)21)14-5-7-15(19)8-6-14;/h1,5-10H,11H2,2-3H3;1H. The summed E-state index contributed by atoms with van der Waals surface area (Å²) in [6.45, 7) is 4.76. The molecule has 2 aromatic heterocycles. The number of hydrogen-bond donors (Lipinski definition) is 0. The van der Waals surface area contributed by atoms with Crippen LogP contribution in [-0.2, 0) is 6.54 Å². The van der Waals surface area contributed by atoms with Gasteiger partial charge in [-0.2, -0.15) is 0 Å². The van der Waals surface area contributed by atoms with E-state index in [0.29, 0.717) is 6.54 Å². The fourth-order valence-corrected chi connectivity index (χ4v) is 2.83. The summed E-state index contributed by atoms with van der Waals surface area (Å²) in [6, 6.07) is 9.78. The number of aryl methyl sites for hydroxylation is 1. The molecule has 0 N–H and O–H groups in total. The molecule has 0 radical (unpaired) electrons. The summed E-state index contributed by atoms with van der Waals surface area (Å²) in [6.07, 6.45) is 7.38. The SMILES string of the molecule is C#CCn1c(C)c(C)c2ccnc(-c3ccc(Cl)cc3)c21.Cl. The second-order valence-corrected chi connectivity index (χ2v) is 5.50. The minimum absolute atomic E-state index is 0. The Hall–Kier alpha value is -1.95. The molecule has 0 atom stereocenters. The molecule has 4 heteroatoms. The molecule has 0 amide bonds. The number of aromatic nitrogens is 2. The first-order valence-corrected chi connectivity index (χ1v) is 7.15. The van der Waals surface area contributed by atoms with Crippen LogP contribution in [0.5, 0.6) is 0 Å². The number of benzene rings is 1. The Morgan fingerprint density at radius 1 is 1.18 bits per heavy atom. The Labute approximate surface area is 141 Å². The highest BCUT2D eigenvalue weighted by Crippen LogP contribution is 2.32. The molecule has 2 heterocycles. The Morgan fingerprint density at radius 2 is 1.86 bits per heavy atom. The molecule has 3 aromatic rings. The number of hydrogen-bond acceptors (Lipinski definition) is 1. The molecule has 0 spiro atoms. The van der Waals surface area contributed by atoms with Crippen LogP contribution in [0.4, 0.5) is 0 Å². The Kier molecular flexibility index (Phi) is 4.81. The maximum atomic E-state index is 5.98. The maximum Gasteiger partial charge on any atom is 0.0945 e. The molecular formula is C18H16Cl2N2. The lowest BCUT2D eigenvalue weighted by atomic mass is 10.1. The van der Waals surface area contributed by atoms with Crippen LogP contribution in [0, 0.1) is 26.2 Å². The molecule has 0 saturated heterocycles. The van der Waals surface area contributed by atoms with Crippen molar-refractivity contribution in [3.8, 4) is 23.6 Å². The molecule has 0 fully saturated rings. The third kappa shape index (κ3) is 2.59. The number of pyridine rings is 1. The first-order chi connectivity index (χ1) is 10.1. The fraction of sp³-hybridized carbons (Fsp3) is 0.167. The number of halogens is 2. The van der Waals surface area contributed by atoms with Gasteiger partial charge in [0.25, 0.3) is 0 Å². The van der Waals surface area contributed by atoms with Gasteiger partial charge in [-0.25, -0.2) is 0 Å². The summed E-state index contributed by atoms with van der Waals surface area (Å²) >= 11 is 5.98. The van der Waals surface area contributed by atoms with E-state index in [1.165, 1.54) is 16.6 Å². The highest BCUT2D eigenvalue weighted by molar-refractivity contribution is 6.30. The molecule has 0 aliphatic rings. The van der Waals surface area contributed by atoms with Crippen LogP contribution in [-0.4, -0.2) is 9.55 Å². The predicted octanol–water partition coefficient (Wildman–Crippen LogP) is 5.03. The zero-order chi connectivity index (χ0) is 15.0. The molecule has 112 valence electrons. The van der Waals surface area contributed by atoms with E-state index in [1.54, 1.807) is 0 Å². The third-order valence-corrected chi connectivity index (χ3v) is 4.16. The smallest absolute Gasteiger partial charge is 0.0945 e. The summed E-state index contributed by atoms with van der Waals surface area (Å²) in [4.78, 5) is 4.57. The highest BCUT2D eigenvalue weighted by Gasteiger charge is 2.15. The van der Waals surface area contributed by atoms with Crippen molar-refractivity contribution in [3.05, 3.63) is 52.8 Å². The van der Waals surface area contributed by atoms with Gasteiger partial charge in [0, 0.05) is 27.9 Å². The molecule has 0 aliphatic heterocycles. The van der Waals surface area contributed by atoms with Gasteiger partial charge in [0.1, 0.15) is 0 Å². The van der Waals surface area contributed by atoms with Crippen LogP contribution < -0.4 is 0 Å². The molecule has 0 unspecified atom stereocenters. The first kappa shape index (κ1) is 16.4. The maximum absolute atomic E-state index is 5.98. The van der Waals surface area contributed by atoms with E-state index in [2.05, 4.69) is 29.3 Å². The largest absolute Gasteiger partial charge is 0.331 e. The monoisotopic (exact) mass is 330 g/mol. The number of fused-ring (bicyclic) bond motifs is 1. The van der Waals surface area contributed by atoms with Gasteiger partial charge >= 0.3 is 0 Å². The van der Waals surface area contributed by atoms with Gasteiger partial charge in [-0.1, -0.05) is 29.7 Å². The number of nitrogens with zero attached hydrogens (tertiary/aromatic N) is 2. The zero-order valence-corrected chi connectivity index (χ0v) is 14.0. The summed E-state index contributed by atoms with van der Waals surface area (Å²) < 4.78 is 2.15. The normalized spacial score (nSPS) is 10.3. The molecule has 2 nitrogen and oxygen atoms in total. The van der Waals surface area contributed by atoms with Crippen molar-refractivity contribution in [3.63, 3.8) is 0 Å². The Morgan fingerprint density at radius 3 is 2.50 bits per heavy atom. The minimum atomic E-state index is 0. The van der Waals surface area contributed by atoms with E-state index < -0.39 is 0 Å². The van der Waals surface area contributed by atoms with Gasteiger partial charge in [-0.3, -0.25) is 4.98 Å². The fourth-order valence-electron chi connectivity index (χ4n) is 2.70. The van der Waals surface area contributed by atoms with E-state index in [9.17, 15) is 0 Å². The van der Waals surface area contributed by atoms with Gasteiger partial charge in [0.05, 0.1) is 17.8 Å². The van der Waals surface area contributed by atoms with Crippen LogP contribution in [0.1, 0.15) is 11.3 Å². The van der Waals surface area contributed by atoms with E-state index in [4.69, 9.17) is 18.0 Å². The van der Waals surface area contributed by atoms with E-state index in [-0.39, 0.29) is 12.4 Å². The zero-order valence-electron chi connectivity index (χ0n) is 12.4. The predicted molar refractivity (Wildman–Crippen MR) is 95.7 cm³/mol. The molecule has 3 rings (SSSR count). The molecule has 22 heavy (non-hydrogen) atoms. The summed E-state index contributed by atoms with van der Waals surface area (Å²) in [5.74, 6) is 2.73. The van der Waals surface area contributed by atoms with Crippen LogP contribution in [0.25, 0.3) is 22.2 Å². The summed E-state index contributed by atoms with van der Waals surface area (Å²) in [5.41, 5.74) is 5.51. The van der Waals surface area contributed by atoms with Crippen molar-refractivity contribution < 1.29 is 0 Å². The lowest BCUT2D eigenvalue weighted by molar-refractivity contribution is 0.841. The number of terminal acetylenes is 1. The van der Waals surface area contributed by atoms with Crippen molar-refractivity contribution in [1.29, 1.82) is 0 Å². The third-order valence-electron chi connectivity index (χ3n) is 3.91. The van der Waals surface area contributed by atoms with E-state index >= 15 is 0 Å². The van der Waals surface area contributed by atoms with Gasteiger partial charge in [-0.15, -0.1) is 18.8 Å². The van der Waals surface area contributed by atoms with Crippen LogP contribution in [0.3, 0.4) is 0 Å². The topological polar surface area (TPSA) is 17.8 Å². The lowest BCUT2D eigenvalue weighted by Gasteiger charge is -2.08. The Bertz CT molecular complexity index is 855. The van der Waals surface area contributed by atoms with Gasteiger partial charge < -0.3 is 4.57 Å². The van der Waals surface area contributed by atoms with Crippen molar-refractivity contribution >= 4 is 34.9 Å². The van der Waals surface area contributed by atoms with Crippen LogP contribution in [0.2, 0.25) is 5.02 Å². The van der Waals surface area contributed by atoms with Gasteiger partial charge in [0.15, 0.2) is 0 Å². The van der Waals surface area contributed by atoms with Gasteiger partial charge in [-0.05, 0) is 37.6 Å². The molecule has 0 bridgehead atoms. The van der Waals surface area contributed by atoms with Crippen LogP contribution >= 0.6 is 24.0 Å². The quantitative estimate of drug-likeness (QED) is 0.602. The van der Waals surface area contributed by atoms with Crippen molar-refractivity contribution in [2.75, 3.05) is 0 Å². The molecule has 1 aromatic carbocycles. The second-order valence-electron chi connectivity index (χ2n) is 5.06. The van der Waals surface area contributed by atoms with Crippen molar-refractivity contribution in [2.24, 2.45) is 0 Å². The average Bonchev–Trinajstić information content (AvgIpc) is 2.74. The molecule has 0 aliphatic carbocycles. The van der Waals surface area contributed by atoms with Crippen LogP contribution in [0.15, 0.2) is 36.5 Å². The first-order valence-electron chi connectivity index (χ1n) is 6.77. The molecular weight excluding hydrogens is 315 g/mol. The second kappa shape index (κ2) is 6.44. The highest BCUT2D eigenvalue weighted by atomic mass is 35.5. The summed E-state index contributed by atoms with van der Waals surface area (Å²) in [5, 5.41) is 1.92. The number of rotatable bonds is 2. The van der Waals surface area contributed by atoms with Gasteiger partial charge in [0.2, 0.25) is 0 Å². The minimum Gasteiger partial charge on any atom is -0.331 e. The van der Waals surface area contributed by atoms with Crippen molar-refractivity contribution in [2.45, 2.75) is 20.4 Å². The molecule has 0 saturated carbocycles. The van der Waals surface area contributed by atoms with E-state index in [1.807, 2.05) is 36.5 Å². The summed E-state index contributed by atoms with van der Waals surface area (Å²) in [7, 11) is 0. The average molecular weight is 331 g/mol. The van der Waals surface area contributed by atoms with Crippen molar-refractivity contribution in [1.82, 2.24) is 9.55 Å².